The Morgan fingerprint density at radius 2 is 1.88 bits per heavy atom. The molecule has 0 spiro atoms. The summed E-state index contributed by atoms with van der Waals surface area (Å²) in [5.41, 5.74) is 1.60. The number of aryl methyl sites for hydroxylation is 1. The molecular formula is C20H23FN2O3. The molecule has 2 amide bonds. The Morgan fingerprint density at radius 1 is 1.15 bits per heavy atom. The van der Waals surface area contributed by atoms with Crippen LogP contribution in [0.3, 0.4) is 0 Å². The number of methoxy groups -OCH3 is 1. The van der Waals surface area contributed by atoms with Crippen molar-refractivity contribution < 1.29 is 18.7 Å². The summed E-state index contributed by atoms with van der Waals surface area (Å²) in [5.74, 6) is -1.41. The Bertz CT molecular complexity index is 792. The maximum atomic E-state index is 13.8. The van der Waals surface area contributed by atoms with Crippen molar-refractivity contribution in [3.63, 3.8) is 0 Å². The van der Waals surface area contributed by atoms with Gasteiger partial charge in [0.25, 0.3) is 11.8 Å². The Balaban J connectivity index is 2.18. The van der Waals surface area contributed by atoms with E-state index in [1.54, 1.807) is 38.3 Å². The number of amides is 2. The summed E-state index contributed by atoms with van der Waals surface area (Å²) in [4.78, 5) is 24.7. The number of carbonyl (C=O) groups excluding carboxylic acids is 2. The fourth-order valence-corrected chi connectivity index (χ4v) is 2.46. The van der Waals surface area contributed by atoms with Crippen molar-refractivity contribution in [2.75, 3.05) is 19.0 Å². The Morgan fingerprint density at radius 3 is 2.54 bits per heavy atom. The molecule has 0 saturated carbocycles. The molecule has 0 fully saturated rings. The van der Waals surface area contributed by atoms with Gasteiger partial charge in [0.2, 0.25) is 0 Å². The van der Waals surface area contributed by atoms with Gasteiger partial charge in [-0.15, -0.1) is 0 Å². The van der Waals surface area contributed by atoms with Gasteiger partial charge in [-0.2, -0.15) is 0 Å². The molecule has 0 aliphatic heterocycles. The molecule has 26 heavy (non-hydrogen) atoms. The van der Waals surface area contributed by atoms with Crippen LogP contribution >= 0.6 is 0 Å². The average Bonchev–Trinajstić information content (AvgIpc) is 2.63. The number of halogens is 1. The molecule has 0 aliphatic carbocycles. The summed E-state index contributed by atoms with van der Waals surface area (Å²) >= 11 is 0. The number of hydrogen-bond acceptors (Lipinski definition) is 3. The third kappa shape index (κ3) is 4.89. The standard InChI is InChI=1S/C20H23FN2O3/c1-4-15(12-26-3)22-19(24)14-10-9-13(2)18(11-14)23-20(25)16-7-5-6-8-17(16)21/h5-11,15H,4,12H2,1-3H3,(H,22,24)(H,23,25). The molecule has 0 aliphatic rings. The molecule has 2 aromatic carbocycles. The van der Waals surface area contributed by atoms with Crippen molar-refractivity contribution in [1.29, 1.82) is 0 Å². The van der Waals surface area contributed by atoms with Crippen LogP contribution in [0.1, 0.15) is 39.6 Å². The Kier molecular flexibility index (Phi) is 6.86. The van der Waals surface area contributed by atoms with Crippen LogP contribution in [0.4, 0.5) is 10.1 Å². The van der Waals surface area contributed by atoms with E-state index in [4.69, 9.17) is 4.74 Å². The van der Waals surface area contributed by atoms with Crippen LogP contribution < -0.4 is 10.6 Å². The van der Waals surface area contributed by atoms with Gasteiger partial charge in [-0.05, 0) is 43.2 Å². The van der Waals surface area contributed by atoms with Crippen LogP contribution in [0.25, 0.3) is 0 Å². The van der Waals surface area contributed by atoms with E-state index >= 15 is 0 Å². The van der Waals surface area contributed by atoms with E-state index < -0.39 is 11.7 Å². The van der Waals surface area contributed by atoms with Crippen molar-refractivity contribution >= 4 is 17.5 Å². The normalized spacial score (nSPS) is 11.7. The van der Waals surface area contributed by atoms with Gasteiger partial charge < -0.3 is 15.4 Å². The van der Waals surface area contributed by atoms with Gasteiger partial charge in [-0.1, -0.05) is 25.1 Å². The largest absolute Gasteiger partial charge is 0.383 e. The molecule has 5 nitrogen and oxygen atoms in total. The minimum Gasteiger partial charge on any atom is -0.383 e. The SMILES string of the molecule is CCC(COC)NC(=O)c1ccc(C)c(NC(=O)c2ccccc2F)c1. The number of hydrogen-bond donors (Lipinski definition) is 2. The summed E-state index contributed by atoms with van der Waals surface area (Å²) in [5, 5.41) is 5.56. The first-order valence-electron chi connectivity index (χ1n) is 8.42. The lowest BCUT2D eigenvalue weighted by atomic mass is 10.1. The summed E-state index contributed by atoms with van der Waals surface area (Å²) in [6, 6.07) is 10.7. The highest BCUT2D eigenvalue weighted by Crippen LogP contribution is 2.19. The number of rotatable bonds is 7. The van der Waals surface area contributed by atoms with Crippen molar-refractivity contribution in [1.82, 2.24) is 5.32 Å². The quantitative estimate of drug-likeness (QED) is 0.795. The monoisotopic (exact) mass is 358 g/mol. The topological polar surface area (TPSA) is 67.4 Å². The summed E-state index contributed by atoms with van der Waals surface area (Å²) in [6.07, 6.45) is 0.738. The first-order chi connectivity index (χ1) is 12.5. The molecule has 138 valence electrons. The Labute approximate surface area is 152 Å². The molecule has 0 heterocycles. The van der Waals surface area contributed by atoms with Crippen LogP contribution in [0, 0.1) is 12.7 Å². The van der Waals surface area contributed by atoms with Crippen molar-refractivity contribution in [2.24, 2.45) is 0 Å². The van der Waals surface area contributed by atoms with Crippen LogP contribution in [0.5, 0.6) is 0 Å². The number of ether oxygens (including phenoxy) is 1. The minimum absolute atomic E-state index is 0.0482. The average molecular weight is 358 g/mol. The summed E-state index contributed by atoms with van der Waals surface area (Å²) in [7, 11) is 1.58. The van der Waals surface area contributed by atoms with E-state index in [9.17, 15) is 14.0 Å². The lowest BCUT2D eigenvalue weighted by molar-refractivity contribution is 0.0894. The maximum absolute atomic E-state index is 13.8. The molecule has 0 radical (unpaired) electrons. The van der Waals surface area contributed by atoms with Gasteiger partial charge in [0, 0.05) is 18.4 Å². The van der Waals surface area contributed by atoms with Crippen molar-refractivity contribution in [3.05, 3.63) is 65.0 Å². The van der Waals surface area contributed by atoms with E-state index in [1.807, 2.05) is 6.92 Å². The van der Waals surface area contributed by atoms with Gasteiger partial charge in [-0.25, -0.2) is 4.39 Å². The summed E-state index contributed by atoms with van der Waals surface area (Å²) < 4.78 is 18.8. The molecule has 2 rings (SSSR count). The van der Waals surface area contributed by atoms with E-state index in [1.165, 1.54) is 18.2 Å². The third-order valence-electron chi connectivity index (χ3n) is 4.06. The van der Waals surface area contributed by atoms with E-state index in [-0.39, 0.29) is 17.5 Å². The molecule has 2 N–H and O–H groups in total. The molecular weight excluding hydrogens is 335 g/mol. The van der Waals surface area contributed by atoms with E-state index in [0.717, 1.165) is 12.0 Å². The molecule has 0 saturated heterocycles. The van der Waals surface area contributed by atoms with Crippen LogP contribution in [0.2, 0.25) is 0 Å². The number of benzene rings is 2. The smallest absolute Gasteiger partial charge is 0.258 e. The van der Waals surface area contributed by atoms with Crippen LogP contribution in [-0.4, -0.2) is 31.6 Å². The highest BCUT2D eigenvalue weighted by Gasteiger charge is 2.16. The zero-order chi connectivity index (χ0) is 19.1. The first-order valence-corrected chi connectivity index (χ1v) is 8.42. The fraction of sp³-hybridized carbons (Fsp3) is 0.300. The second kappa shape index (κ2) is 9.10. The van der Waals surface area contributed by atoms with Crippen molar-refractivity contribution in [2.45, 2.75) is 26.3 Å². The van der Waals surface area contributed by atoms with Gasteiger partial charge in [0.1, 0.15) is 5.82 Å². The zero-order valence-electron chi connectivity index (χ0n) is 15.1. The maximum Gasteiger partial charge on any atom is 0.258 e. The number of anilines is 1. The number of nitrogens with one attached hydrogen (secondary N) is 2. The molecule has 1 atom stereocenters. The molecule has 6 heteroatoms. The van der Waals surface area contributed by atoms with Crippen LogP contribution in [-0.2, 0) is 4.74 Å². The Hall–Kier alpha value is -2.73. The van der Waals surface area contributed by atoms with Gasteiger partial charge in [0.05, 0.1) is 18.2 Å². The molecule has 1 unspecified atom stereocenters. The van der Waals surface area contributed by atoms with Crippen LogP contribution in [0.15, 0.2) is 42.5 Å². The van der Waals surface area contributed by atoms with Gasteiger partial charge in [-0.3, -0.25) is 9.59 Å². The number of carbonyl (C=O) groups is 2. The lowest BCUT2D eigenvalue weighted by Gasteiger charge is -2.17. The first kappa shape index (κ1) is 19.6. The highest BCUT2D eigenvalue weighted by atomic mass is 19.1. The zero-order valence-corrected chi connectivity index (χ0v) is 15.1. The summed E-state index contributed by atoms with van der Waals surface area (Å²) in [6.45, 7) is 4.18. The molecule has 2 aromatic rings. The third-order valence-corrected chi connectivity index (χ3v) is 4.06. The predicted molar refractivity (Wildman–Crippen MR) is 99.0 cm³/mol. The van der Waals surface area contributed by atoms with Crippen molar-refractivity contribution in [3.8, 4) is 0 Å². The molecule has 0 bridgehead atoms. The fourth-order valence-electron chi connectivity index (χ4n) is 2.46. The van der Waals surface area contributed by atoms with Gasteiger partial charge >= 0.3 is 0 Å². The van der Waals surface area contributed by atoms with E-state index in [0.29, 0.717) is 17.9 Å². The van der Waals surface area contributed by atoms with E-state index in [2.05, 4.69) is 10.6 Å². The minimum atomic E-state index is -0.595. The predicted octanol–water partition coefficient (Wildman–Crippen LogP) is 3.54. The second-order valence-corrected chi connectivity index (χ2v) is 6.00. The lowest BCUT2D eigenvalue weighted by Crippen LogP contribution is -2.37. The van der Waals surface area contributed by atoms with Gasteiger partial charge in [0.15, 0.2) is 0 Å². The highest BCUT2D eigenvalue weighted by molar-refractivity contribution is 6.05. The molecule has 0 aromatic heterocycles. The second-order valence-electron chi connectivity index (χ2n) is 6.00.